The summed E-state index contributed by atoms with van der Waals surface area (Å²) in [4.78, 5) is 6.28. The minimum Gasteiger partial charge on any atom is -0.378 e. The van der Waals surface area contributed by atoms with Gasteiger partial charge in [0.05, 0.1) is 11.0 Å². The van der Waals surface area contributed by atoms with Crippen LogP contribution in [0.15, 0.2) is 33.7 Å². The summed E-state index contributed by atoms with van der Waals surface area (Å²) in [6.07, 6.45) is 10.1. The second kappa shape index (κ2) is 11.6. The molecule has 10 heteroatoms. The summed E-state index contributed by atoms with van der Waals surface area (Å²) in [7, 11) is -3.27. The molecular weight excluding hydrogens is 464 g/mol. The molecule has 7 nitrogen and oxygen atoms in total. The van der Waals surface area contributed by atoms with Gasteiger partial charge in [-0.3, -0.25) is 0 Å². The van der Waals surface area contributed by atoms with Gasteiger partial charge in [0.2, 0.25) is 0 Å². The predicted molar refractivity (Wildman–Crippen MR) is 126 cm³/mol. The lowest BCUT2D eigenvalue weighted by Gasteiger charge is -2.32. The van der Waals surface area contributed by atoms with Crippen molar-refractivity contribution >= 4 is 15.8 Å². The zero-order valence-corrected chi connectivity index (χ0v) is 21.0. The van der Waals surface area contributed by atoms with Crippen molar-refractivity contribution in [3.8, 4) is 0 Å². The molecule has 0 unspecified atom stereocenters. The maximum Gasteiger partial charge on any atom is 0.266 e. The van der Waals surface area contributed by atoms with Gasteiger partial charge in [-0.1, -0.05) is 25.3 Å². The SMILES string of the molecule is CC(C)(F)c1nc(N2CCC(COC3CCCCC3)CC2)no1.CS(=O)(=O)c1cccc(F)c1. The van der Waals surface area contributed by atoms with Crippen LogP contribution in [0.3, 0.4) is 0 Å². The number of aromatic nitrogens is 2. The van der Waals surface area contributed by atoms with E-state index in [0.29, 0.717) is 18.0 Å². The Balaban J connectivity index is 0.000000248. The van der Waals surface area contributed by atoms with Crippen molar-refractivity contribution in [2.75, 3.05) is 30.9 Å². The smallest absolute Gasteiger partial charge is 0.266 e. The van der Waals surface area contributed by atoms with Crippen LogP contribution in [0.4, 0.5) is 14.7 Å². The molecular formula is C24H35F2N3O4S. The number of alkyl halides is 1. The average molecular weight is 500 g/mol. The number of anilines is 1. The van der Waals surface area contributed by atoms with E-state index in [0.717, 1.165) is 44.9 Å². The van der Waals surface area contributed by atoms with Gasteiger partial charge >= 0.3 is 0 Å². The van der Waals surface area contributed by atoms with Crippen molar-refractivity contribution in [1.82, 2.24) is 10.1 Å². The first-order chi connectivity index (χ1) is 16.0. The lowest BCUT2D eigenvalue weighted by atomic mass is 9.96. The zero-order valence-electron chi connectivity index (χ0n) is 20.2. The molecule has 1 aromatic carbocycles. The van der Waals surface area contributed by atoms with E-state index in [1.165, 1.54) is 64.2 Å². The van der Waals surface area contributed by atoms with Crippen molar-refractivity contribution in [1.29, 1.82) is 0 Å². The van der Waals surface area contributed by atoms with E-state index >= 15 is 0 Å². The highest BCUT2D eigenvalue weighted by molar-refractivity contribution is 7.90. The molecule has 1 saturated heterocycles. The van der Waals surface area contributed by atoms with Crippen LogP contribution < -0.4 is 4.90 Å². The van der Waals surface area contributed by atoms with E-state index < -0.39 is 21.3 Å². The molecule has 1 saturated carbocycles. The molecule has 0 N–H and O–H groups in total. The van der Waals surface area contributed by atoms with Crippen LogP contribution in [0.2, 0.25) is 0 Å². The number of halogens is 2. The second-order valence-electron chi connectivity index (χ2n) is 9.63. The van der Waals surface area contributed by atoms with Crippen LogP contribution in [0, 0.1) is 11.7 Å². The number of piperidine rings is 1. The van der Waals surface area contributed by atoms with Gasteiger partial charge in [-0.15, -0.1) is 0 Å². The number of ether oxygens (including phenoxy) is 1. The summed E-state index contributed by atoms with van der Waals surface area (Å²) in [6.45, 7) is 5.49. The predicted octanol–water partition coefficient (Wildman–Crippen LogP) is 5.07. The third-order valence-electron chi connectivity index (χ3n) is 6.17. The largest absolute Gasteiger partial charge is 0.378 e. The lowest BCUT2D eigenvalue weighted by Crippen LogP contribution is -2.36. The monoisotopic (exact) mass is 499 g/mol. The van der Waals surface area contributed by atoms with Crippen molar-refractivity contribution in [3.05, 3.63) is 36.0 Å². The summed E-state index contributed by atoms with van der Waals surface area (Å²) in [5.74, 6) is 0.637. The highest BCUT2D eigenvalue weighted by atomic mass is 32.2. The van der Waals surface area contributed by atoms with Crippen LogP contribution in [-0.2, 0) is 20.2 Å². The number of hydrogen-bond acceptors (Lipinski definition) is 7. The van der Waals surface area contributed by atoms with Crippen LogP contribution in [0.25, 0.3) is 0 Å². The van der Waals surface area contributed by atoms with Crippen LogP contribution >= 0.6 is 0 Å². The van der Waals surface area contributed by atoms with Gasteiger partial charge in [-0.05, 0) is 68.8 Å². The quantitative estimate of drug-likeness (QED) is 0.549. The molecule has 0 spiro atoms. The van der Waals surface area contributed by atoms with E-state index in [1.807, 2.05) is 0 Å². The number of sulfone groups is 1. The molecule has 34 heavy (non-hydrogen) atoms. The summed E-state index contributed by atoms with van der Waals surface area (Å²) in [6, 6.07) is 4.92. The Morgan fingerprint density at radius 2 is 1.82 bits per heavy atom. The fourth-order valence-corrected chi connectivity index (χ4v) is 4.74. The van der Waals surface area contributed by atoms with Gasteiger partial charge in [0.25, 0.3) is 11.8 Å². The molecule has 4 rings (SSSR count). The Bertz CT molecular complexity index is 1010. The molecule has 1 aliphatic heterocycles. The maximum atomic E-state index is 13.8. The number of hydrogen-bond donors (Lipinski definition) is 0. The Hall–Kier alpha value is -2.07. The average Bonchev–Trinajstić information content (AvgIpc) is 3.30. The second-order valence-corrected chi connectivity index (χ2v) is 11.6. The molecule has 2 aliphatic rings. The van der Waals surface area contributed by atoms with Gasteiger partial charge < -0.3 is 14.2 Å². The normalized spacial score (nSPS) is 18.4. The molecule has 0 bridgehead atoms. The van der Waals surface area contributed by atoms with Crippen LogP contribution in [-0.4, -0.2) is 50.6 Å². The Kier molecular flexibility index (Phi) is 9.03. The van der Waals surface area contributed by atoms with Gasteiger partial charge in [0.1, 0.15) is 5.82 Å². The molecule has 1 aliphatic carbocycles. The van der Waals surface area contributed by atoms with Gasteiger partial charge in [-0.25, -0.2) is 17.2 Å². The first-order valence-corrected chi connectivity index (χ1v) is 13.8. The van der Waals surface area contributed by atoms with Crippen LogP contribution in [0.1, 0.15) is 64.7 Å². The van der Waals surface area contributed by atoms with Crippen molar-refractivity contribution in [3.63, 3.8) is 0 Å². The summed E-state index contributed by atoms with van der Waals surface area (Å²) < 4.78 is 59.0. The van der Waals surface area contributed by atoms with Crippen molar-refractivity contribution in [2.24, 2.45) is 5.92 Å². The number of rotatable bonds is 6. The topological polar surface area (TPSA) is 85.5 Å². The zero-order chi connectivity index (χ0) is 24.8. The van der Waals surface area contributed by atoms with Crippen molar-refractivity contribution < 1.29 is 26.5 Å². The summed E-state index contributed by atoms with van der Waals surface area (Å²) in [5, 5.41) is 3.92. The first kappa shape index (κ1) is 26.5. The fraction of sp³-hybridized carbons (Fsp3) is 0.667. The molecule has 0 amide bonds. The fourth-order valence-electron chi connectivity index (χ4n) is 4.09. The van der Waals surface area contributed by atoms with E-state index in [4.69, 9.17) is 9.26 Å². The minimum atomic E-state index is -3.27. The van der Waals surface area contributed by atoms with Gasteiger partial charge in [-0.2, -0.15) is 4.98 Å². The number of nitrogens with zero attached hydrogens (tertiary/aromatic N) is 3. The van der Waals surface area contributed by atoms with Gasteiger partial charge in [0, 0.05) is 26.0 Å². The highest BCUT2D eigenvalue weighted by Gasteiger charge is 2.29. The molecule has 2 fully saturated rings. The Morgan fingerprint density at radius 1 is 1.15 bits per heavy atom. The Labute approximate surface area is 200 Å². The van der Waals surface area contributed by atoms with E-state index in [9.17, 15) is 17.2 Å². The molecule has 0 radical (unpaired) electrons. The third-order valence-corrected chi connectivity index (χ3v) is 7.28. The molecule has 2 heterocycles. The molecule has 1 aromatic heterocycles. The number of benzene rings is 1. The minimum absolute atomic E-state index is 0.0116. The van der Waals surface area contributed by atoms with E-state index in [1.54, 1.807) is 0 Å². The van der Waals surface area contributed by atoms with Gasteiger partial charge in [0.15, 0.2) is 15.5 Å². The maximum absolute atomic E-state index is 13.8. The lowest BCUT2D eigenvalue weighted by molar-refractivity contribution is 0.00354. The third kappa shape index (κ3) is 8.01. The van der Waals surface area contributed by atoms with Crippen LogP contribution in [0.5, 0.6) is 0 Å². The van der Waals surface area contributed by atoms with Crippen molar-refractivity contribution in [2.45, 2.75) is 75.5 Å². The summed E-state index contributed by atoms with van der Waals surface area (Å²) in [5.41, 5.74) is -1.59. The Morgan fingerprint density at radius 3 is 2.35 bits per heavy atom. The highest BCUT2D eigenvalue weighted by Crippen LogP contribution is 2.27. The molecule has 190 valence electrons. The summed E-state index contributed by atoms with van der Waals surface area (Å²) >= 11 is 0. The first-order valence-electron chi connectivity index (χ1n) is 11.9. The molecule has 2 aromatic rings. The molecule has 0 atom stereocenters. The van der Waals surface area contributed by atoms with E-state index in [2.05, 4.69) is 15.0 Å². The van der Waals surface area contributed by atoms with E-state index in [-0.39, 0.29) is 10.8 Å². The standard InChI is InChI=1S/C17H28FN3O2.C7H7FO2S/c1-17(2,18)15-19-16(20-23-15)21-10-8-13(9-11-21)12-22-14-6-4-3-5-7-14;1-11(9,10)7-4-2-3-6(8)5-7/h13-14H,3-12H2,1-2H3;2-5H,1H3.